The summed E-state index contributed by atoms with van der Waals surface area (Å²) in [6.07, 6.45) is 3.33. The van der Waals surface area contributed by atoms with E-state index < -0.39 is 25.1 Å². The molecule has 3 N–H and O–H groups in total. The molecular formula is C25H32F3N5O2. The molecule has 1 unspecified atom stereocenters. The number of nitrogens with two attached hydrogens (primary N) is 1. The van der Waals surface area contributed by atoms with E-state index >= 15 is 0 Å². The molecule has 0 radical (unpaired) electrons. The smallest absolute Gasteiger partial charge is 0.283 e. The van der Waals surface area contributed by atoms with E-state index in [1.807, 2.05) is 6.07 Å². The van der Waals surface area contributed by atoms with Gasteiger partial charge in [0.25, 0.3) is 5.92 Å². The maximum absolute atomic E-state index is 14.5. The number of halogens is 3. The van der Waals surface area contributed by atoms with E-state index in [4.69, 9.17) is 20.6 Å². The Morgan fingerprint density at radius 2 is 2.06 bits per heavy atom. The third kappa shape index (κ3) is 5.76. The summed E-state index contributed by atoms with van der Waals surface area (Å²) in [7, 11) is 1.26. The molecule has 10 heteroatoms. The number of nitrogen functional groups attached to an aromatic ring is 1. The van der Waals surface area contributed by atoms with Crippen LogP contribution < -0.4 is 10.5 Å². The lowest BCUT2D eigenvalue weighted by molar-refractivity contribution is -0.0895. The summed E-state index contributed by atoms with van der Waals surface area (Å²) in [6.45, 7) is 1.62. The second kappa shape index (κ2) is 10.9. The minimum Gasteiger partial charge on any atom is -0.491 e. The van der Waals surface area contributed by atoms with E-state index in [9.17, 15) is 13.2 Å². The van der Waals surface area contributed by atoms with E-state index in [0.29, 0.717) is 48.8 Å². The van der Waals surface area contributed by atoms with E-state index in [0.717, 1.165) is 24.2 Å². The highest BCUT2D eigenvalue weighted by Crippen LogP contribution is 2.38. The number of fused-ring (bicyclic) bond motifs is 1. The fourth-order valence-electron chi connectivity index (χ4n) is 4.95. The molecule has 2 aliphatic rings. The fourth-order valence-corrected chi connectivity index (χ4v) is 4.95. The normalized spacial score (nSPS) is 19.3. The Bertz CT molecular complexity index is 1010. The lowest BCUT2D eigenvalue weighted by Gasteiger charge is -2.39. The van der Waals surface area contributed by atoms with E-state index in [2.05, 4.69) is 9.88 Å². The van der Waals surface area contributed by atoms with Gasteiger partial charge in [0.2, 0.25) is 0 Å². The summed E-state index contributed by atoms with van der Waals surface area (Å²) in [5.41, 5.74) is 9.51. The van der Waals surface area contributed by atoms with Gasteiger partial charge in [0.05, 0.1) is 31.2 Å². The van der Waals surface area contributed by atoms with Gasteiger partial charge >= 0.3 is 0 Å². The predicted molar refractivity (Wildman–Crippen MR) is 128 cm³/mol. The van der Waals surface area contributed by atoms with Crippen LogP contribution in [-0.2, 0) is 11.2 Å². The van der Waals surface area contributed by atoms with Gasteiger partial charge in [-0.1, -0.05) is 6.07 Å². The quantitative estimate of drug-likeness (QED) is 0.371. The van der Waals surface area contributed by atoms with Crippen LogP contribution in [0.15, 0.2) is 30.5 Å². The number of hydrogen-bond acceptors (Lipinski definition) is 7. The fraction of sp³-hybridized carbons (Fsp3) is 0.520. The summed E-state index contributed by atoms with van der Waals surface area (Å²) in [6, 6.07) is 6.61. The number of hydrogen-bond donors (Lipinski definition) is 2. The zero-order valence-electron chi connectivity index (χ0n) is 19.9. The molecule has 0 spiro atoms. The van der Waals surface area contributed by atoms with Crippen LogP contribution in [0.1, 0.15) is 28.4 Å². The molecule has 1 atom stereocenters. The van der Waals surface area contributed by atoms with Gasteiger partial charge in [-0.15, -0.1) is 0 Å². The molecule has 0 bridgehead atoms. The van der Waals surface area contributed by atoms with Gasteiger partial charge in [0, 0.05) is 56.7 Å². The van der Waals surface area contributed by atoms with Gasteiger partial charge in [-0.2, -0.15) is 0 Å². The first-order chi connectivity index (χ1) is 16.8. The molecule has 0 aliphatic carbocycles. The van der Waals surface area contributed by atoms with Crippen LogP contribution in [0.4, 0.5) is 18.9 Å². The maximum Gasteiger partial charge on any atom is 0.283 e. The summed E-state index contributed by atoms with van der Waals surface area (Å²) in [5.74, 6) is -2.30. The Morgan fingerprint density at radius 3 is 2.71 bits per heavy atom. The first-order valence-corrected chi connectivity index (χ1v) is 11.7. The van der Waals surface area contributed by atoms with Gasteiger partial charge < -0.3 is 20.6 Å². The van der Waals surface area contributed by atoms with Crippen molar-refractivity contribution in [2.75, 3.05) is 65.5 Å². The van der Waals surface area contributed by atoms with Crippen LogP contribution in [-0.4, -0.2) is 86.6 Å². The van der Waals surface area contributed by atoms with Crippen LogP contribution in [0.5, 0.6) is 5.75 Å². The Labute approximate surface area is 203 Å². The Balaban J connectivity index is 1.53. The zero-order valence-corrected chi connectivity index (χ0v) is 19.9. The second-order valence-corrected chi connectivity index (χ2v) is 9.24. The van der Waals surface area contributed by atoms with Gasteiger partial charge in [0.15, 0.2) is 0 Å². The first-order valence-electron chi connectivity index (χ1n) is 11.7. The van der Waals surface area contributed by atoms with E-state index in [1.165, 1.54) is 13.3 Å². The molecule has 0 saturated carbocycles. The molecule has 1 aromatic carbocycles. The van der Waals surface area contributed by atoms with Crippen LogP contribution in [0.3, 0.4) is 0 Å². The van der Waals surface area contributed by atoms with Crippen molar-refractivity contribution in [2.45, 2.75) is 18.4 Å². The number of aromatic nitrogens is 1. The minimum absolute atomic E-state index is 0.136. The summed E-state index contributed by atoms with van der Waals surface area (Å²) in [5, 5.41) is 7.80. The summed E-state index contributed by atoms with van der Waals surface area (Å²) < 4.78 is 52.2. The van der Waals surface area contributed by atoms with E-state index in [1.54, 1.807) is 29.3 Å². The van der Waals surface area contributed by atoms with Crippen molar-refractivity contribution in [3.63, 3.8) is 0 Å². The molecule has 1 aromatic heterocycles. The molecule has 190 valence electrons. The van der Waals surface area contributed by atoms with Crippen molar-refractivity contribution in [1.29, 1.82) is 5.41 Å². The largest absolute Gasteiger partial charge is 0.491 e. The topological polar surface area (TPSA) is 87.7 Å². The van der Waals surface area contributed by atoms with Crippen molar-refractivity contribution < 1.29 is 22.6 Å². The first kappa shape index (κ1) is 25.4. The predicted octanol–water partition coefficient (Wildman–Crippen LogP) is 3.17. The van der Waals surface area contributed by atoms with Gasteiger partial charge in [-0.05, 0) is 35.7 Å². The third-order valence-electron chi connectivity index (χ3n) is 6.64. The number of pyridine rings is 1. The number of rotatable bonds is 11. The highest BCUT2D eigenvalue weighted by molar-refractivity contribution is 5.88. The van der Waals surface area contributed by atoms with E-state index in [-0.39, 0.29) is 12.6 Å². The molecule has 3 heterocycles. The Morgan fingerprint density at radius 1 is 1.26 bits per heavy atom. The van der Waals surface area contributed by atoms with Gasteiger partial charge in [0.1, 0.15) is 19.0 Å². The number of likely N-dealkylation sites (tertiary alicyclic amines) is 1. The highest BCUT2D eigenvalue weighted by Gasteiger charge is 2.39. The average Bonchev–Trinajstić information content (AvgIpc) is 2.80. The number of methoxy groups -OCH3 is 1. The average molecular weight is 492 g/mol. The van der Waals surface area contributed by atoms with Crippen molar-refractivity contribution in [3.05, 3.63) is 52.8 Å². The SMILES string of the molecule is COCC(F)(F)CN1CCc2c(ccc(N)c2C=N)C1c1ccc(OCCN2CC(CF)C2)cn1. The second-order valence-electron chi connectivity index (χ2n) is 9.24. The molecule has 0 amide bonds. The van der Waals surface area contributed by atoms with Crippen molar-refractivity contribution >= 4 is 11.9 Å². The zero-order chi connectivity index (χ0) is 25.0. The van der Waals surface area contributed by atoms with Crippen molar-refractivity contribution in [3.8, 4) is 5.75 Å². The molecule has 7 nitrogen and oxygen atoms in total. The molecule has 4 rings (SSSR count). The highest BCUT2D eigenvalue weighted by atomic mass is 19.3. The molecule has 35 heavy (non-hydrogen) atoms. The molecule has 1 fully saturated rings. The third-order valence-corrected chi connectivity index (χ3v) is 6.64. The number of nitrogens with zero attached hydrogens (tertiary/aromatic N) is 3. The number of ether oxygens (including phenoxy) is 2. The lowest BCUT2D eigenvalue weighted by atomic mass is 9.86. The van der Waals surface area contributed by atoms with Crippen LogP contribution in [0, 0.1) is 11.3 Å². The van der Waals surface area contributed by atoms with Crippen LogP contribution in [0.2, 0.25) is 0 Å². The minimum atomic E-state index is -3.02. The Hall–Kier alpha value is -2.69. The number of benzene rings is 1. The standard InChI is InChI=1S/C25H32F3N5O2/c1-34-16-25(27,28)15-33-7-6-19-20(3-4-22(30)21(19)11-29)24(33)23-5-2-18(12-31-23)35-9-8-32-13-17(10-26)14-32/h2-5,11-12,17,24,29H,6-10,13-16,30H2,1H3. The van der Waals surface area contributed by atoms with Crippen LogP contribution >= 0.6 is 0 Å². The molecule has 1 saturated heterocycles. The Kier molecular flexibility index (Phi) is 7.93. The number of alkyl halides is 3. The summed E-state index contributed by atoms with van der Waals surface area (Å²) >= 11 is 0. The van der Waals surface area contributed by atoms with Crippen molar-refractivity contribution in [1.82, 2.24) is 14.8 Å². The summed E-state index contributed by atoms with van der Waals surface area (Å²) in [4.78, 5) is 8.41. The number of nitrogens with one attached hydrogen (secondary N) is 1. The van der Waals surface area contributed by atoms with Gasteiger partial charge in [-0.25, -0.2) is 8.78 Å². The van der Waals surface area contributed by atoms with Crippen molar-refractivity contribution in [2.24, 2.45) is 5.92 Å². The maximum atomic E-state index is 14.5. The molecular weight excluding hydrogens is 459 g/mol. The lowest BCUT2D eigenvalue weighted by Crippen LogP contribution is -2.49. The van der Waals surface area contributed by atoms with Crippen LogP contribution in [0.25, 0.3) is 0 Å². The monoisotopic (exact) mass is 491 g/mol. The molecule has 2 aromatic rings. The van der Waals surface area contributed by atoms with Gasteiger partial charge in [-0.3, -0.25) is 19.2 Å². The number of anilines is 1. The molecule has 2 aliphatic heterocycles.